The molecule has 0 fully saturated rings. The van der Waals surface area contributed by atoms with Crippen LogP contribution in [0.4, 0.5) is 5.69 Å². The Bertz CT molecular complexity index is 910. The maximum absolute atomic E-state index is 12.6. The predicted molar refractivity (Wildman–Crippen MR) is 96.2 cm³/mol. The second kappa shape index (κ2) is 6.11. The lowest BCUT2D eigenvalue weighted by Gasteiger charge is -2.19. The molecule has 4 nitrogen and oxygen atoms in total. The van der Waals surface area contributed by atoms with E-state index in [0.717, 1.165) is 35.4 Å². The van der Waals surface area contributed by atoms with Crippen LogP contribution in [0, 0.1) is 6.92 Å². The number of aromatic nitrogens is 2. The summed E-state index contributed by atoms with van der Waals surface area (Å²) in [5.74, 6) is 0.863. The molecule has 1 heterocycles. The normalized spacial score (nSPS) is 13.7. The van der Waals surface area contributed by atoms with E-state index in [1.165, 1.54) is 24.0 Å². The number of amides is 1. The summed E-state index contributed by atoms with van der Waals surface area (Å²) in [6.07, 6.45) is 4.61. The van der Waals surface area contributed by atoms with Crippen LogP contribution in [-0.4, -0.2) is 15.5 Å². The number of imidazole rings is 1. The molecule has 3 aromatic rings. The topological polar surface area (TPSA) is 46.9 Å². The Labute approximate surface area is 141 Å². The fourth-order valence-electron chi connectivity index (χ4n) is 3.63. The summed E-state index contributed by atoms with van der Waals surface area (Å²) in [6, 6.07) is 14.2. The molecule has 2 aromatic carbocycles. The molecule has 1 aliphatic carbocycles. The largest absolute Gasteiger partial charge is 0.324 e. The van der Waals surface area contributed by atoms with Gasteiger partial charge in [0.15, 0.2) is 0 Å². The molecule has 0 atom stereocenters. The van der Waals surface area contributed by atoms with Crippen LogP contribution >= 0.6 is 0 Å². The Morgan fingerprint density at radius 3 is 2.88 bits per heavy atom. The summed E-state index contributed by atoms with van der Waals surface area (Å²) in [5, 5.41) is 3.11. The molecule has 4 heteroatoms. The van der Waals surface area contributed by atoms with Crippen molar-refractivity contribution in [2.45, 2.75) is 39.2 Å². The number of carbonyl (C=O) groups excluding carboxylic acids is 1. The van der Waals surface area contributed by atoms with E-state index in [9.17, 15) is 4.79 Å². The first kappa shape index (κ1) is 14.9. The molecule has 1 aliphatic rings. The number of hydrogen-bond acceptors (Lipinski definition) is 2. The molecule has 1 amide bonds. The Morgan fingerprint density at radius 2 is 1.96 bits per heavy atom. The van der Waals surface area contributed by atoms with Gasteiger partial charge < -0.3 is 9.88 Å². The van der Waals surface area contributed by atoms with Gasteiger partial charge in [-0.1, -0.05) is 24.3 Å². The SMILES string of the molecule is Cc1nc2ccccc2n1CC(=O)Nc1cccc2c1CCCC2. The Morgan fingerprint density at radius 1 is 1.12 bits per heavy atom. The molecule has 0 bridgehead atoms. The standard InChI is InChI=1S/C20H21N3O/c1-14-21-18-10-4-5-12-19(18)23(14)13-20(24)22-17-11-6-8-15-7-2-3-9-16(15)17/h4-6,8,10-12H,2-3,7,9,13H2,1H3,(H,22,24). The minimum atomic E-state index is 0.000210. The third-order valence-corrected chi connectivity index (χ3v) is 4.82. The second-order valence-electron chi connectivity index (χ2n) is 6.43. The van der Waals surface area contributed by atoms with Gasteiger partial charge in [0, 0.05) is 5.69 Å². The van der Waals surface area contributed by atoms with E-state index in [4.69, 9.17) is 0 Å². The number of fused-ring (bicyclic) bond motifs is 2. The fourth-order valence-corrected chi connectivity index (χ4v) is 3.63. The van der Waals surface area contributed by atoms with Crippen LogP contribution in [0.1, 0.15) is 29.8 Å². The number of benzene rings is 2. The molecule has 122 valence electrons. The van der Waals surface area contributed by atoms with Crippen molar-refractivity contribution in [2.75, 3.05) is 5.32 Å². The van der Waals surface area contributed by atoms with Crippen molar-refractivity contribution >= 4 is 22.6 Å². The highest BCUT2D eigenvalue weighted by Crippen LogP contribution is 2.28. The number of nitrogens with zero attached hydrogens (tertiary/aromatic N) is 2. The fraction of sp³-hybridized carbons (Fsp3) is 0.300. The zero-order chi connectivity index (χ0) is 16.5. The zero-order valence-electron chi connectivity index (χ0n) is 13.9. The van der Waals surface area contributed by atoms with Crippen LogP contribution in [-0.2, 0) is 24.2 Å². The molecule has 0 spiro atoms. The maximum Gasteiger partial charge on any atom is 0.244 e. The van der Waals surface area contributed by atoms with Gasteiger partial charge in [-0.25, -0.2) is 4.98 Å². The van der Waals surface area contributed by atoms with Gasteiger partial charge in [-0.3, -0.25) is 4.79 Å². The summed E-state index contributed by atoms with van der Waals surface area (Å²) in [4.78, 5) is 17.1. The predicted octanol–water partition coefficient (Wildman–Crippen LogP) is 3.86. The highest BCUT2D eigenvalue weighted by Gasteiger charge is 2.16. The van der Waals surface area contributed by atoms with Crippen molar-refractivity contribution in [3.8, 4) is 0 Å². The van der Waals surface area contributed by atoms with E-state index in [1.807, 2.05) is 47.9 Å². The van der Waals surface area contributed by atoms with Crippen molar-refractivity contribution < 1.29 is 4.79 Å². The summed E-state index contributed by atoms with van der Waals surface area (Å²) in [6.45, 7) is 2.23. The van der Waals surface area contributed by atoms with Crippen molar-refractivity contribution in [3.63, 3.8) is 0 Å². The lowest BCUT2D eigenvalue weighted by molar-refractivity contribution is -0.116. The maximum atomic E-state index is 12.6. The molecular formula is C20H21N3O. The number of rotatable bonds is 3. The van der Waals surface area contributed by atoms with Crippen LogP contribution in [0.3, 0.4) is 0 Å². The van der Waals surface area contributed by atoms with E-state index in [0.29, 0.717) is 0 Å². The van der Waals surface area contributed by atoms with E-state index < -0.39 is 0 Å². The first-order valence-corrected chi connectivity index (χ1v) is 8.55. The molecular weight excluding hydrogens is 298 g/mol. The van der Waals surface area contributed by atoms with Crippen LogP contribution < -0.4 is 5.32 Å². The average molecular weight is 319 g/mol. The summed E-state index contributed by atoms with van der Waals surface area (Å²) < 4.78 is 1.97. The van der Waals surface area contributed by atoms with Gasteiger partial charge in [-0.05, 0) is 61.9 Å². The molecule has 0 radical (unpaired) electrons. The van der Waals surface area contributed by atoms with E-state index >= 15 is 0 Å². The van der Waals surface area contributed by atoms with Gasteiger partial charge >= 0.3 is 0 Å². The van der Waals surface area contributed by atoms with Gasteiger partial charge in [-0.2, -0.15) is 0 Å². The monoisotopic (exact) mass is 319 g/mol. The van der Waals surface area contributed by atoms with Crippen molar-refractivity contribution in [3.05, 3.63) is 59.4 Å². The number of para-hydroxylation sites is 2. The average Bonchev–Trinajstić information content (AvgIpc) is 2.91. The molecule has 0 unspecified atom stereocenters. The minimum absolute atomic E-state index is 0.000210. The molecule has 1 aromatic heterocycles. The van der Waals surface area contributed by atoms with Crippen molar-refractivity contribution in [1.29, 1.82) is 0 Å². The summed E-state index contributed by atoms with van der Waals surface area (Å²) >= 11 is 0. The van der Waals surface area contributed by atoms with Gasteiger partial charge in [0.1, 0.15) is 12.4 Å². The third kappa shape index (κ3) is 2.68. The first-order chi connectivity index (χ1) is 11.7. The number of carbonyl (C=O) groups is 1. The highest BCUT2D eigenvalue weighted by atomic mass is 16.1. The van der Waals surface area contributed by atoms with Crippen LogP contribution in [0.15, 0.2) is 42.5 Å². The van der Waals surface area contributed by atoms with E-state index in [-0.39, 0.29) is 12.5 Å². The van der Waals surface area contributed by atoms with Crippen molar-refractivity contribution in [1.82, 2.24) is 9.55 Å². The van der Waals surface area contributed by atoms with Crippen LogP contribution in [0.25, 0.3) is 11.0 Å². The molecule has 24 heavy (non-hydrogen) atoms. The second-order valence-corrected chi connectivity index (χ2v) is 6.43. The van der Waals surface area contributed by atoms with E-state index in [1.54, 1.807) is 0 Å². The third-order valence-electron chi connectivity index (χ3n) is 4.82. The Balaban J connectivity index is 1.58. The minimum Gasteiger partial charge on any atom is -0.324 e. The first-order valence-electron chi connectivity index (χ1n) is 8.55. The Kier molecular flexibility index (Phi) is 3.81. The molecule has 1 N–H and O–H groups in total. The lowest BCUT2D eigenvalue weighted by Crippen LogP contribution is -2.21. The van der Waals surface area contributed by atoms with Crippen molar-refractivity contribution in [2.24, 2.45) is 0 Å². The molecule has 0 saturated heterocycles. The quantitative estimate of drug-likeness (QED) is 0.797. The van der Waals surface area contributed by atoms with Gasteiger partial charge in [-0.15, -0.1) is 0 Å². The van der Waals surface area contributed by atoms with E-state index in [2.05, 4.69) is 16.4 Å². The molecule has 4 rings (SSSR count). The zero-order valence-corrected chi connectivity index (χ0v) is 13.9. The van der Waals surface area contributed by atoms with Gasteiger partial charge in [0.2, 0.25) is 5.91 Å². The highest BCUT2D eigenvalue weighted by molar-refractivity contribution is 5.92. The van der Waals surface area contributed by atoms with Crippen LogP contribution in [0.5, 0.6) is 0 Å². The Hall–Kier alpha value is -2.62. The summed E-state index contributed by atoms with van der Waals surface area (Å²) in [5.41, 5.74) is 5.59. The summed E-state index contributed by atoms with van der Waals surface area (Å²) in [7, 11) is 0. The smallest absolute Gasteiger partial charge is 0.244 e. The molecule has 0 saturated carbocycles. The van der Waals surface area contributed by atoms with Gasteiger partial charge in [0.05, 0.1) is 11.0 Å². The number of aryl methyl sites for hydroxylation is 2. The number of anilines is 1. The number of hydrogen-bond donors (Lipinski definition) is 1. The molecule has 0 aliphatic heterocycles. The van der Waals surface area contributed by atoms with Gasteiger partial charge in [0.25, 0.3) is 0 Å². The number of nitrogens with one attached hydrogen (secondary N) is 1. The lowest BCUT2D eigenvalue weighted by atomic mass is 9.90. The van der Waals surface area contributed by atoms with Crippen LogP contribution in [0.2, 0.25) is 0 Å².